The van der Waals surface area contributed by atoms with E-state index < -0.39 is 60.4 Å². The Hall–Kier alpha value is -9.65. The number of rotatable bonds is 11. The molecule has 0 spiro atoms. The van der Waals surface area contributed by atoms with Gasteiger partial charge in [-0.1, -0.05) is 178 Å². The van der Waals surface area contributed by atoms with Crippen molar-refractivity contribution >= 4 is 66.4 Å². The number of ether oxygens (including phenoxy) is 1. The highest BCUT2D eigenvalue weighted by molar-refractivity contribution is 6.16. The number of pyridine rings is 1. The monoisotopic (exact) mass is 977 g/mol. The molecule has 0 radical (unpaired) electrons. The van der Waals surface area contributed by atoms with Crippen molar-refractivity contribution in [3.8, 4) is 56.4 Å². The van der Waals surface area contributed by atoms with Crippen LogP contribution in [-0.4, -0.2) is 14.1 Å². The van der Waals surface area contributed by atoms with Crippen molar-refractivity contribution < 1.29 is 18.4 Å². The Morgan fingerprint density at radius 2 is 1.08 bits per heavy atom. The van der Waals surface area contributed by atoms with Gasteiger partial charge in [0.05, 0.1) is 52.8 Å². The Labute approximate surface area is 450 Å². The number of benzene rings is 10. The summed E-state index contributed by atoms with van der Waals surface area (Å²) in [5.74, 6) is 1.90. The summed E-state index contributed by atoms with van der Waals surface area (Å²) in [6, 6.07) is 56.9. The molecule has 13 rings (SSSR count). The van der Waals surface area contributed by atoms with Crippen molar-refractivity contribution in [2.24, 2.45) is 0 Å². The molecule has 3 aromatic heterocycles. The summed E-state index contributed by atoms with van der Waals surface area (Å²) < 4.78 is 97.9. The van der Waals surface area contributed by atoms with E-state index in [2.05, 4.69) is 144 Å². The largest absolute Gasteiger partial charge is 0.457 e. The molecule has 6 nitrogen and oxygen atoms in total. The van der Waals surface area contributed by atoms with Crippen LogP contribution in [0.5, 0.6) is 11.5 Å². The van der Waals surface area contributed by atoms with Gasteiger partial charge >= 0.3 is 0 Å². The van der Waals surface area contributed by atoms with Crippen molar-refractivity contribution in [2.45, 2.75) is 26.2 Å². The predicted molar refractivity (Wildman–Crippen MR) is 314 cm³/mol. The maximum absolute atomic E-state index is 8.95. The number of para-hydroxylation sites is 6. The van der Waals surface area contributed by atoms with Gasteiger partial charge in [0.25, 0.3) is 0 Å². The van der Waals surface area contributed by atoms with E-state index in [0.717, 1.165) is 61.0 Å². The van der Waals surface area contributed by atoms with Gasteiger partial charge in [-0.05, 0) is 107 Å². The molecule has 0 aliphatic rings. The topological polar surface area (TPSA) is 56.0 Å². The van der Waals surface area contributed by atoms with Crippen LogP contribution in [0.2, 0.25) is 0 Å². The van der Waals surface area contributed by atoms with E-state index in [1.807, 2.05) is 60.8 Å². The summed E-state index contributed by atoms with van der Waals surface area (Å²) in [6.45, 7) is 6.59. The van der Waals surface area contributed by atoms with Gasteiger partial charge < -0.3 is 19.9 Å². The first-order chi connectivity index (χ1) is 41.0. The van der Waals surface area contributed by atoms with Crippen LogP contribution in [0.1, 0.15) is 40.0 Å². The fourth-order valence-electron chi connectivity index (χ4n) is 10.2. The summed E-state index contributed by atoms with van der Waals surface area (Å²) in [4.78, 5) is 4.99. The fourth-order valence-corrected chi connectivity index (χ4v) is 10.2. The Morgan fingerprint density at radius 1 is 0.453 bits per heavy atom. The molecular formula is C69H53N5O. The van der Waals surface area contributed by atoms with Gasteiger partial charge in [-0.2, -0.15) is 0 Å². The Balaban J connectivity index is 0.890. The second-order valence-corrected chi connectivity index (χ2v) is 19.4. The molecule has 75 heavy (non-hydrogen) atoms. The number of fused-ring (bicyclic) bond motifs is 6. The number of nitrogens with zero attached hydrogens (tertiary/aromatic N) is 3. The highest BCUT2D eigenvalue weighted by atomic mass is 16.5. The zero-order chi connectivity index (χ0) is 59.2. The molecule has 360 valence electrons. The minimum absolute atomic E-state index is 0.131. The predicted octanol–water partition coefficient (Wildman–Crippen LogP) is 18.9. The third-order valence-electron chi connectivity index (χ3n) is 13.7. The maximum atomic E-state index is 8.95. The number of nitrogens with one attached hydrogen (secondary N) is 2. The first-order valence-electron chi connectivity index (χ1n) is 29.8. The van der Waals surface area contributed by atoms with E-state index >= 15 is 0 Å². The van der Waals surface area contributed by atoms with E-state index in [1.54, 1.807) is 30.3 Å². The lowest BCUT2D eigenvalue weighted by molar-refractivity contribution is 0.483. The number of hydrogen-bond acceptors (Lipinski definition) is 4. The first kappa shape index (κ1) is 35.5. The SMILES string of the molecule is [2H]c1c([2H])c([2H])c(-c2cccc(-c3c([2H])c([2H])c([2H])c([2H])c3[2H])c2Nc2ccccc2Nc2cccc(Oc3ccc4c5cc(-c6cccc7c8ccccc8n(-c8ccccc8)c67)ccc5n(-c5cc(C(C)(C)C)ccn5)c4c3)c2)c([2H])c1[2H]. The summed E-state index contributed by atoms with van der Waals surface area (Å²) in [5, 5.41) is 11.3. The number of anilines is 4. The van der Waals surface area contributed by atoms with E-state index in [-0.39, 0.29) is 33.4 Å². The molecule has 10 aromatic carbocycles. The third kappa shape index (κ3) is 8.42. The van der Waals surface area contributed by atoms with Crippen LogP contribution in [-0.2, 0) is 5.41 Å². The quantitative estimate of drug-likeness (QED) is 0.136. The Morgan fingerprint density at radius 3 is 1.84 bits per heavy atom. The normalized spacial score (nSPS) is 13.5. The van der Waals surface area contributed by atoms with Crippen LogP contribution in [0, 0.1) is 0 Å². The molecular weight excluding hydrogens is 915 g/mol. The van der Waals surface area contributed by atoms with Crippen molar-refractivity contribution in [2.75, 3.05) is 10.6 Å². The van der Waals surface area contributed by atoms with Crippen LogP contribution < -0.4 is 15.4 Å². The molecule has 2 N–H and O–H groups in total. The van der Waals surface area contributed by atoms with Crippen molar-refractivity contribution in [3.63, 3.8) is 0 Å². The lowest BCUT2D eigenvalue weighted by Crippen LogP contribution is -2.12. The summed E-state index contributed by atoms with van der Waals surface area (Å²) in [7, 11) is 0. The molecule has 6 heteroatoms. The van der Waals surface area contributed by atoms with Gasteiger partial charge in [-0.25, -0.2) is 4.98 Å². The average molecular weight is 978 g/mol. The molecule has 0 fully saturated rings. The van der Waals surface area contributed by atoms with Crippen LogP contribution in [0.3, 0.4) is 0 Å². The zero-order valence-electron chi connectivity index (χ0n) is 51.2. The Kier molecular flexibility index (Phi) is 8.87. The van der Waals surface area contributed by atoms with Gasteiger partial charge in [0, 0.05) is 67.9 Å². The molecule has 0 unspecified atom stereocenters. The molecule has 3 heterocycles. The molecule has 0 amide bonds. The molecule has 0 aliphatic heterocycles. The van der Waals surface area contributed by atoms with Gasteiger partial charge in [0.2, 0.25) is 0 Å². The molecule has 0 atom stereocenters. The number of aromatic nitrogens is 3. The Bertz CT molecular complexity index is 4730. The van der Waals surface area contributed by atoms with E-state index in [9.17, 15) is 0 Å². The lowest BCUT2D eigenvalue weighted by atomic mass is 9.88. The molecule has 0 bridgehead atoms. The first-order valence-corrected chi connectivity index (χ1v) is 24.8. The molecule has 0 saturated heterocycles. The standard InChI is InChI=1S/C69H53N5O/c1-69(2,3)49-40-41-70-66(43-49)74-64-39-36-48(56-31-19-32-59-57-28-13-16-35-63(57)73(68(56)59)51-25-11-6-12-26-51)42-60(64)58-38-37-53(45-65(58)74)75-52-27-17-24-50(44-52)71-61-33-14-15-34-62(61)72-67-54(46-20-7-4-8-21-46)29-18-30-55(67)47-22-9-5-10-23-47/h4-45,71-72H,1-3H3/i4D,5D,7D,8D,9D,10D,20D,21D,22D,23D. The van der Waals surface area contributed by atoms with E-state index in [0.29, 0.717) is 28.6 Å². The van der Waals surface area contributed by atoms with Crippen molar-refractivity contribution in [1.29, 1.82) is 0 Å². The summed E-state index contributed by atoms with van der Waals surface area (Å²) in [6.07, 6.45) is 1.87. The second kappa shape index (κ2) is 18.8. The van der Waals surface area contributed by atoms with Crippen LogP contribution in [0.4, 0.5) is 22.7 Å². The van der Waals surface area contributed by atoms with Gasteiger partial charge in [-0.15, -0.1) is 0 Å². The lowest BCUT2D eigenvalue weighted by Gasteiger charge is -2.20. The van der Waals surface area contributed by atoms with Crippen molar-refractivity contribution in [1.82, 2.24) is 14.1 Å². The van der Waals surface area contributed by atoms with E-state index in [4.69, 9.17) is 23.4 Å². The molecule has 13 aromatic rings. The van der Waals surface area contributed by atoms with Gasteiger partial charge in [-0.3, -0.25) is 4.57 Å². The second-order valence-electron chi connectivity index (χ2n) is 19.4. The maximum Gasteiger partial charge on any atom is 0.137 e. The van der Waals surface area contributed by atoms with Crippen molar-refractivity contribution in [3.05, 3.63) is 260 Å². The summed E-state index contributed by atoms with van der Waals surface area (Å²) >= 11 is 0. The average Bonchev–Trinajstić information content (AvgIpc) is 2.29. The summed E-state index contributed by atoms with van der Waals surface area (Å²) in [5.41, 5.74) is 10.3. The van der Waals surface area contributed by atoms with Crippen LogP contribution in [0.15, 0.2) is 255 Å². The van der Waals surface area contributed by atoms with Crippen LogP contribution in [0.25, 0.3) is 88.5 Å². The minimum atomic E-state index is -0.567. The van der Waals surface area contributed by atoms with Gasteiger partial charge in [0.1, 0.15) is 17.3 Å². The van der Waals surface area contributed by atoms with E-state index in [1.165, 1.54) is 10.8 Å². The molecule has 0 aliphatic carbocycles. The zero-order valence-corrected chi connectivity index (χ0v) is 41.2. The fraction of sp³-hybridized carbons (Fsp3) is 0.0580. The minimum Gasteiger partial charge on any atom is -0.457 e. The van der Waals surface area contributed by atoms with Crippen LogP contribution >= 0.6 is 0 Å². The smallest absolute Gasteiger partial charge is 0.137 e. The number of hydrogen-bond donors (Lipinski definition) is 2. The highest BCUT2D eigenvalue weighted by Gasteiger charge is 2.22. The third-order valence-corrected chi connectivity index (χ3v) is 13.7. The van der Waals surface area contributed by atoms with Gasteiger partial charge in [0.15, 0.2) is 0 Å². The highest BCUT2D eigenvalue weighted by Crippen LogP contribution is 2.44. The molecule has 0 saturated carbocycles.